The van der Waals surface area contributed by atoms with Gasteiger partial charge in [0.15, 0.2) is 0 Å². The molecule has 1 N–H and O–H groups in total. The zero-order chi connectivity index (χ0) is 12.7. The van der Waals surface area contributed by atoms with E-state index in [4.69, 9.17) is 4.74 Å². The third kappa shape index (κ3) is 4.44. The summed E-state index contributed by atoms with van der Waals surface area (Å²) in [6, 6.07) is 7.83. The molecule has 1 aromatic rings. The summed E-state index contributed by atoms with van der Waals surface area (Å²) in [5.74, 6) is -0.0536. The van der Waals surface area contributed by atoms with Crippen LogP contribution in [0.25, 0.3) is 0 Å². The van der Waals surface area contributed by atoms with Crippen LogP contribution in [-0.4, -0.2) is 32.7 Å². The molecular formula is C13H20N2O2. The Hall–Kier alpha value is -1.55. The summed E-state index contributed by atoms with van der Waals surface area (Å²) in [7, 11) is 1.70. The van der Waals surface area contributed by atoms with E-state index in [9.17, 15) is 4.79 Å². The fraction of sp³-hybridized carbons (Fsp3) is 0.462. The Bertz CT molecular complexity index is 366. The van der Waals surface area contributed by atoms with Gasteiger partial charge in [0.25, 0.3) is 0 Å². The monoisotopic (exact) mass is 236 g/mol. The number of carbonyl (C=O) groups excluding carboxylic acids is 1. The average molecular weight is 236 g/mol. The smallest absolute Gasteiger partial charge is 0.221 e. The predicted octanol–water partition coefficient (Wildman–Crippen LogP) is 2.12. The van der Waals surface area contributed by atoms with E-state index in [-0.39, 0.29) is 5.91 Å². The maximum atomic E-state index is 11.0. The normalized spacial score (nSPS) is 10.1. The van der Waals surface area contributed by atoms with E-state index in [2.05, 4.69) is 17.1 Å². The number of nitrogens with zero attached hydrogens (tertiary/aromatic N) is 1. The lowest BCUT2D eigenvalue weighted by Crippen LogP contribution is -2.26. The molecule has 0 bridgehead atoms. The van der Waals surface area contributed by atoms with Gasteiger partial charge in [-0.1, -0.05) is 6.07 Å². The van der Waals surface area contributed by atoms with Gasteiger partial charge >= 0.3 is 0 Å². The fourth-order valence-electron chi connectivity index (χ4n) is 1.65. The number of anilines is 2. The standard InChI is InChI=1S/C13H20N2O2/c1-4-15(8-9-17-3)13-7-5-6-12(10-13)14-11(2)16/h5-7,10H,4,8-9H2,1-3H3,(H,14,16). The lowest BCUT2D eigenvalue weighted by atomic mass is 10.2. The van der Waals surface area contributed by atoms with Gasteiger partial charge < -0.3 is 15.0 Å². The summed E-state index contributed by atoms with van der Waals surface area (Å²) in [5, 5.41) is 2.78. The molecule has 0 aromatic heterocycles. The first-order chi connectivity index (χ1) is 8.17. The molecule has 17 heavy (non-hydrogen) atoms. The molecule has 1 aromatic carbocycles. The van der Waals surface area contributed by atoms with Crippen LogP contribution in [0.5, 0.6) is 0 Å². The topological polar surface area (TPSA) is 41.6 Å². The Morgan fingerprint density at radius 2 is 2.24 bits per heavy atom. The summed E-state index contributed by atoms with van der Waals surface area (Å²) in [6.07, 6.45) is 0. The summed E-state index contributed by atoms with van der Waals surface area (Å²) in [4.78, 5) is 13.2. The molecule has 4 heteroatoms. The van der Waals surface area contributed by atoms with E-state index in [1.807, 2.05) is 24.3 Å². The van der Waals surface area contributed by atoms with Crippen molar-refractivity contribution in [3.8, 4) is 0 Å². The molecule has 0 radical (unpaired) electrons. The van der Waals surface area contributed by atoms with Crippen LogP contribution in [0.2, 0.25) is 0 Å². The first-order valence-corrected chi connectivity index (χ1v) is 5.79. The average Bonchev–Trinajstić information content (AvgIpc) is 2.30. The van der Waals surface area contributed by atoms with Gasteiger partial charge in [-0.05, 0) is 25.1 Å². The van der Waals surface area contributed by atoms with E-state index in [1.54, 1.807) is 7.11 Å². The number of methoxy groups -OCH3 is 1. The van der Waals surface area contributed by atoms with Crippen molar-refractivity contribution >= 4 is 17.3 Å². The molecule has 0 aliphatic rings. The number of benzene rings is 1. The first-order valence-electron chi connectivity index (χ1n) is 5.79. The summed E-state index contributed by atoms with van der Waals surface area (Å²) < 4.78 is 5.08. The predicted molar refractivity (Wildman–Crippen MR) is 70.5 cm³/mol. The van der Waals surface area contributed by atoms with Gasteiger partial charge in [-0.15, -0.1) is 0 Å². The molecule has 1 amide bonds. The highest BCUT2D eigenvalue weighted by Crippen LogP contribution is 2.19. The van der Waals surface area contributed by atoms with Crippen molar-refractivity contribution in [3.05, 3.63) is 24.3 Å². The Kier molecular flexibility index (Phi) is 5.49. The van der Waals surface area contributed by atoms with E-state index in [0.29, 0.717) is 6.61 Å². The second-order valence-corrected chi connectivity index (χ2v) is 3.80. The molecule has 1 rings (SSSR count). The molecular weight excluding hydrogens is 216 g/mol. The van der Waals surface area contributed by atoms with Crippen molar-refractivity contribution in [3.63, 3.8) is 0 Å². The highest BCUT2D eigenvalue weighted by molar-refractivity contribution is 5.89. The Morgan fingerprint density at radius 1 is 1.47 bits per heavy atom. The van der Waals surface area contributed by atoms with Crippen LogP contribution in [0.3, 0.4) is 0 Å². The molecule has 0 aliphatic heterocycles. The van der Waals surface area contributed by atoms with Crippen molar-refractivity contribution in [1.29, 1.82) is 0 Å². The summed E-state index contributed by atoms with van der Waals surface area (Å²) >= 11 is 0. The van der Waals surface area contributed by atoms with Crippen molar-refractivity contribution in [2.75, 3.05) is 37.0 Å². The quantitative estimate of drug-likeness (QED) is 0.822. The number of hydrogen-bond acceptors (Lipinski definition) is 3. The maximum absolute atomic E-state index is 11.0. The van der Waals surface area contributed by atoms with Crippen LogP contribution < -0.4 is 10.2 Å². The second-order valence-electron chi connectivity index (χ2n) is 3.80. The largest absolute Gasteiger partial charge is 0.383 e. The fourth-order valence-corrected chi connectivity index (χ4v) is 1.65. The van der Waals surface area contributed by atoms with Crippen molar-refractivity contribution in [2.45, 2.75) is 13.8 Å². The minimum Gasteiger partial charge on any atom is -0.383 e. The minimum atomic E-state index is -0.0536. The van der Waals surface area contributed by atoms with Gasteiger partial charge in [0.1, 0.15) is 0 Å². The zero-order valence-electron chi connectivity index (χ0n) is 10.7. The van der Waals surface area contributed by atoms with E-state index in [1.165, 1.54) is 6.92 Å². The Morgan fingerprint density at radius 3 is 2.82 bits per heavy atom. The van der Waals surface area contributed by atoms with E-state index in [0.717, 1.165) is 24.5 Å². The first kappa shape index (κ1) is 13.5. The lowest BCUT2D eigenvalue weighted by Gasteiger charge is -2.23. The third-order valence-corrected chi connectivity index (χ3v) is 2.48. The van der Waals surface area contributed by atoms with Gasteiger partial charge in [-0.2, -0.15) is 0 Å². The minimum absolute atomic E-state index is 0.0536. The molecule has 0 atom stereocenters. The molecule has 4 nitrogen and oxygen atoms in total. The number of hydrogen-bond donors (Lipinski definition) is 1. The van der Waals surface area contributed by atoms with Crippen molar-refractivity contribution in [2.24, 2.45) is 0 Å². The highest BCUT2D eigenvalue weighted by Gasteiger charge is 2.05. The van der Waals surface area contributed by atoms with Crippen LogP contribution in [0.15, 0.2) is 24.3 Å². The number of likely N-dealkylation sites (N-methyl/N-ethyl adjacent to an activating group) is 1. The molecule has 0 unspecified atom stereocenters. The number of ether oxygens (including phenoxy) is 1. The molecule has 0 fully saturated rings. The van der Waals surface area contributed by atoms with Crippen LogP contribution in [0, 0.1) is 0 Å². The molecule has 0 spiro atoms. The zero-order valence-corrected chi connectivity index (χ0v) is 10.7. The molecule has 94 valence electrons. The molecule has 0 saturated carbocycles. The van der Waals surface area contributed by atoms with Gasteiger partial charge in [0.2, 0.25) is 5.91 Å². The number of carbonyl (C=O) groups is 1. The maximum Gasteiger partial charge on any atom is 0.221 e. The second kappa shape index (κ2) is 6.91. The van der Waals surface area contributed by atoms with E-state index >= 15 is 0 Å². The Labute approximate surface area is 103 Å². The molecule has 0 heterocycles. The van der Waals surface area contributed by atoms with Crippen molar-refractivity contribution < 1.29 is 9.53 Å². The van der Waals surface area contributed by atoms with Gasteiger partial charge in [0.05, 0.1) is 6.61 Å². The van der Waals surface area contributed by atoms with Crippen LogP contribution in [0.1, 0.15) is 13.8 Å². The number of nitrogens with one attached hydrogen (secondary N) is 1. The number of amides is 1. The van der Waals surface area contributed by atoms with Crippen LogP contribution in [-0.2, 0) is 9.53 Å². The SMILES string of the molecule is CCN(CCOC)c1cccc(NC(C)=O)c1. The molecule has 0 saturated heterocycles. The van der Waals surface area contributed by atoms with E-state index < -0.39 is 0 Å². The molecule has 0 aliphatic carbocycles. The summed E-state index contributed by atoms with van der Waals surface area (Å²) in [6.45, 7) is 6.05. The van der Waals surface area contributed by atoms with Crippen LogP contribution in [0.4, 0.5) is 11.4 Å². The van der Waals surface area contributed by atoms with Gasteiger partial charge in [0, 0.05) is 38.5 Å². The van der Waals surface area contributed by atoms with Gasteiger partial charge in [-0.25, -0.2) is 0 Å². The Balaban J connectivity index is 2.77. The highest BCUT2D eigenvalue weighted by atomic mass is 16.5. The van der Waals surface area contributed by atoms with Crippen molar-refractivity contribution in [1.82, 2.24) is 0 Å². The number of rotatable bonds is 6. The van der Waals surface area contributed by atoms with Gasteiger partial charge in [-0.3, -0.25) is 4.79 Å². The third-order valence-electron chi connectivity index (χ3n) is 2.48. The lowest BCUT2D eigenvalue weighted by molar-refractivity contribution is -0.114. The van der Waals surface area contributed by atoms with Crippen LogP contribution >= 0.6 is 0 Å². The summed E-state index contributed by atoms with van der Waals surface area (Å²) in [5.41, 5.74) is 1.92.